The SMILES string of the molecule is [C-]#[N+]/C(C)=C1/CC[C@H]2[C@@H]3CC[C@@H]4CC(=O)CC[C@]4(C)[C@H]3C(=O)C[C@]12C.[C-]#[N+]/C(C)=C1/CC[C@H]2[C@@H]3CC[C@@H]4CC(=O)CC[C@]4(C)[C@H]3CC[C@]12C.[C-]#[N+]/C(C)=C1/CC[C@H]2[C@@H]3CC[C@@H]4CC(=O)CC[C@]4(C)[C@H]3[C@@H](CO)C[C@]12C.[C-]#[N+]/C(C)=C1/CC[C@H]2[C@@H]3CC[C@H]4CC(=O)CC[C@]4(C)[C@H]3C(=O)C[C@]12C.[C-]#[N+]/C(C)=C1/CC[C@H]2[C@@H]3CC[C@H]4CC(=O)CC[C@]4(C)[C@H]3CC[C@]12C.[C-]#[N+]/C(C)=C1/CC[C@H]2[C@@H]3CC[C@H]4CC(=O)CC[C@]4(C)[C@H]3[C@@H](CO)C[C@]12C. The fraction of sp³-hybridized carbons (Fsp3) is 0.806. The van der Waals surface area contributed by atoms with E-state index in [4.69, 9.17) is 39.4 Å². The molecule has 150 heavy (non-hydrogen) atoms. The minimum Gasteiger partial charge on any atom is -0.396 e. The van der Waals surface area contributed by atoms with Gasteiger partial charge in [0.1, 0.15) is 46.3 Å². The van der Waals surface area contributed by atoms with Crippen LogP contribution in [0, 0.1) is 258 Å². The van der Waals surface area contributed by atoms with Crippen LogP contribution in [0.25, 0.3) is 29.1 Å². The Morgan fingerprint density at radius 1 is 0.240 bits per heavy atom. The molecule has 0 aliphatic heterocycles. The molecule has 0 heterocycles. The number of ketones is 8. The van der Waals surface area contributed by atoms with Gasteiger partial charge in [0.15, 0.2) is 34.2 Å². The fourth-order valence-corrected chi connectivity index (χ4v) is 45.9. The monoisotopic (exact) mass is 2040 g/mol. The molecule has 0 unspecified atom stereocenters. The summed E-state index contributed by atoms with van der Waals surface area (Å²) in [6.07, 6.45) is 51.5. The lowest BCUT2D eigenvalue weighted by molar-refractivity contribution is -0.157. The van der Waals surface area contributed by atoms with Crippen LogP contribution in [0.2, 0.25) is 0 Å². The van der Waals surface area contributed by atoms with E-state index in [-0.39, 0.29) is 79.2 Å². The van der Waals surface area contributed by atoms with Crippen LogP contribution in [0.3, 0.4) is 0 Å². The Morgan fingerprint density at radius 3 is 0.720 bits per heavy atom. The van der Waals surface area contributed by atoms with Crippen molar-refractivity contribution in [1.82, 2.24) is 0 Å². The van der Waals surface area contributed by atoms with E-state index in [1.807, 2.05) is 41.5 Å². The number of carbonyl (C=O) groups excluding carboxylic acids is 8. The smallest absolute Gasteiger partial charge is 0.162 e. The second-order valence-electron chi connectivity index (χ2n) is 58.4. The van der Waals surface area contributed by atoms with Crippen LogP contribution in [-0.2, 0) is 38.4 Å². The number of Topliss-reactive ketones (excluding diaryl/α,β-unsaturated/α-hetero) is 8. The Morgan fingerprint density at radius 2 is 0.453 bits per heavy atom. The molecular formula is C134H186N6O10. The van der Waals surface area contributed by atoms with Gasteiger partial charge in [-0.2, -0.15) is 0 Å². The molecule has 0 radical (unpaired) electrons. The molecule has 0 amide bonds. The zero-order valence-corrected chi connectivity index (χ0v) is 95.6. The number of fused-ring (bicyclic) bond motifs is 30. The van der Waals surface area contributed by atoms with E-state index in [0.717, 1.165) is 249 Å². The molecule has 0 aromatic carbocycles. The van der Waals surface area contributed by atoms with Crippen molar-refractivity contribution in [1.29, 1.82) is 0 Å². The number of carbonyl (C=O) groups is 8. The number of allylic oxidation sites excluding steroid dienone is 12. The minimum atomic E-state index is -0.0967. The van der Waals surface area contributed by atoms with Gasteiger partial charge in [-0.15, -0.1) is 0 Å². The summed E-state index contributed by atoms with van der Waals surface area (Å²) in [5.41, 5.74) is 15.4. The summed E-state index contributed by atoms with van der Waals surface area (Å²) < 4.78 is 0. The van der Waals surface area contributed by atoms with Gasteiger partial charge in [-0.05, 0) is 480 Å². The van der Waals surface area contributed by atoms with Crippen molar-refractivity contribution in [3.63, 3.8) is 0 Å². The van der Waals surface area contributed by atoms with Gasteiger partial charge in [-0.1, -0.05) is 117 Å². The van der Waals surface area contributed by atoms with Gasteiger partial charge in [0.05, 0.1) is 39.4 Å². The second kappa shape index (κ2) is 41.3. The Kier molecular flexibility index (Phi) is 30.5. The molecule has 24 aliphatic rings. The molecule has 16 heteroatoms. The topological polar surface area (TPSA) is 203 Å². The molecule has 2 N–H and O–H groups in total. The Balaban J connectivity index is 0.000000113. The predicted octanol–water partition coefficient (Wildman–Crippen LogP) is 31.5. The average molecular weight is 2040 g/mol. The molecule has 0 aromatic heterocycles. The summed E-state index contributed by atoms with van der Waals surface area (Å²) in [6, 6.07) is 0. The van der Waals surface area contributed by atoms with E-state index < -0.39 is 0 Å². The standard InChI is InChI=1S/2C23H33NO2.2C22H29NO2.2C22H31NO/c2*1-14(24-4)19-7-8-20-18-6-5-16-11-17(26)9-10-22(16,2)21(18)15(13-25)12-23(19,20)3;2*1-13(23-4)17-7-8-18-16-6-5-14-11-15(24)9-10-21(14,2)20(16)19(25)12-22(17,18)3;2*1-14(23-4)18-7-8-19-17-6-5-15-13-16(24)9-11-21(15,2)20(17)10-12-22(18,19)3/h2*15-16,18,20-21,25H,5-13H2,1-3H3;2*14,16,18,20H,5-12H2,1-3H3;2*15,17,19-20H,5-13H2,1-3H3/b2*19-14-;2*17-13-;2*18-14-/t15-,16+,18+,20+,21+,22+,23-;15-,16-,18+,20+,21+,22+,23-;14-,16+,18+,20-,21+,22-;14-,16-,18-,20+,21-,22+;15-,17+,19+,20+,21+,22-;15-,17-,19-,20-,21-,22+/m111010/s1. The largest absolute Gasteiger partial charge is 0.396 e. The summed E-state index contributed by atoms with van der Waals surface area (Å²) in [5, 5.41) is 20.7. The third kappa shape index (κ3) is 17.8. The Hall–Kier alpha value is -7.34. The molecule has 24 aliphatic carbocycles. The first-order valence-corrected chi connectivity index (χ1v) is 61.0. The van der Waals surface area contributed by atoms with Crippen molar-refractivity contribution in [2.75, 3.05) is 13.2 Å². The van der Waals surface area contributed by atoms with Crippen molar-refractivity contribution in [3.8, 4) is 0 Å². The van der Waals surface area contributed by atoms with Crippen LogP contribution in [-0.4, -0.2) is 69.7 Å². The third-order valence-corrected chi connectivity index (χ3v) is 53.2. The number of rotatable bonds is 2. The van der Waals surface area contributed by atoms with Crippen molar-refractivity contribution in [2.45, 2.75) is 446 Å². The molecule has 0 aromatic rings. The quantitative estimate of drug-likeness (QED) is 0.250. The summed E-state index contributed by atoms with van der Waals surface area (Å²) in [4.78, 5) is 121. The van der Waals surface area contributed by atoms with Crippen LogP contribution in [0.5, 0.6) is 0 Å². The lowest BCUT2D eigenvalue weighted by atomic mass is 9.42. The van der Waals surface area contributed by atoms with E-state index in [1.165, 1.54) is 136 Å². The number of aliphatic hydroxyl groups excluding tert-OH is 2. The minimum absolute atomic E-state index is 0.0244. The van der Waals surface area contributed by atoms with E-state index >= 15 is 0 Å². The molecule has 812 valence electrons. The highest BCUT2D eigenvalue weighted by Gasteiger charge is 2.70. The van der Waals surface area contributed by atoms with Gasteiger partial charge in [-0.3, -0.25) is 38.4 Å². The Bertz CT molecular complexity index is 5560. The first kappa shape index (κ1) is 111. The second-order valence-corrected chi connectivity index (χ2v) is 58.4. The van der Waals surface area contributed by atoms with Crippen molar-refractivity contribution in [2.24, 2.45) is 219 Å². The lowest BCUT2D eigenvalue weighted by Crippen LogP contribution is -2.57. The first-order valence-electron chi connectivity index (χ1n) is 61.0. The van der Waals surface area contributed by atoms with Gasteiger partial charge < -0.3 is 10.2 Å². The third-order valence-electron chi connectivity index (χ3n) is 53.2. The van der Waals surface area contributed by atoms with Gasteiger partial charge in [-0.25, -0.2) is 29.1 Å². The van der Waals surface area contributed by atoms with Crippen molar-refractivity contribution in [3.05, 3.63) is 136 Å². The van der Waals surface area contributed by atoms with Gasteiger partial charge >= 0.3 is 0 Å². The highest BCUT2D eigenvalue weighted by molar-refractivity contribution is 5.88. The molecule has 0 saturated heterocycles. The number of aliphatic hydroxyl groups is 2. The summed E-state index contributed by atoms with van der Waals surface area (Å²) in [6.45, 7) is 85.8. The van der Waals surface area contributed by atoms with Crippen LogP contribution < -0.4 is 0 Å². The highest BCUT2D eigenvalue weighted by Crippen LogP contribution is 2.77. The maximum atomic E-state index is 13.4. The highest BCUT2D eigenvalue weighted by atomic mass is 16.3. The molecule has 24 fully saturated rings. The van der Waals surface area contributed by atoms with Crippen LogP contribution in [0.1, 0.15) is 446 Å². The number of nitrogens with zero attached hydrogens (tertiary/aromatic N) is 6. The van der Waals surface area contributed by atoms with Crippen LogP contribution in [0.4, 0.5) is 0 Å². The van der Waals surface area contributed by atoms with E-state index in [2.05, 4.69) is 112 Å². The number of hydrogen-bond acceptors (Lipinski definition) is 10. The van der Waals surface area contributed by atoms with Gasteiger partial charge in [0.25, 0.3) is 0 Å². The van der Waals surface area contributed by atoms with E-state index in [1.54, 1.807) is 0 Å². The van der Waals surface area contributed by atoms with E-state index in [0.29, 0.717) is 202 Å². The van der Waals surface area contributed by atoms with Crippen molar-refractivity contribution >= 4 is 46.3 Å². The number of hydrogen-bond donors (Lipinski definition) is 2. The fourth-order valence-electron chi connectivity index (χ4n) is 45.9. The predicted molar refractivity (Wildman–Crippen MR) is 589 cm³/mol. The zero-order valence-electron chi connectivity index (χ0n) is 95.6. The maximum absolute atomic E-state index is 13.4. The van der Waals surface area contributed by atoms with E-state index in [9.17, 15) is 48.6 Å². The molecule has 16 nitrogen and oxygen atoms in total. The molecule has 0 bridgehead atoms. The van der Waals surface area contributed by atoms with Gasteiger partial charge in [0.2, 0.25) is 0 Å². The molecule has 24 rings (SSSR count). The Labute approximate surface area is 903 Å². The van der Waals surface area contributed by atoms with Crippen LogP contribution in [0.15, 0.2) is 67.6 Å². The summed E-state index contributed by atoms with van der Waals surface area (Å²) in [7, 11) is 0. The van der Waals surface area contributed by atoms with Crippen molar-refractivity contribution < 1.29 is 48.6 Å². The average Bonchev–Trinajstić information content (AvgIpc) is 1.50. The molecule has 38 atom stereocenters. The maximum Gasteiger partial charge on any atom is 0.162 e. The lowest BCUT2D eigenvalue weighted by Gasteiger charge is -2.62. The molecular weight excluding hydrogens is 1850 g/mol. The summed E-state index contributed by atoms with van der Waals surface area (Å²) >= 11 is 0. The molecule has 24 saturated carbocycles. The van der Waals surface area contributed by atoms with Crippen LogP contribution >= 0.6 is 0 Å². The summed E-state index contributed by atoms with van der Waals surface area (Å²) in [5.74, 6) is 18.1. The molecule has 0 spiro atoms. The normalized spacial score (nSPS) is 49.2. The van der Waals surface area contributed by atoms with Gasteiger partial charge in [0, 0.05) is 115 Å². The first-order chi connectivity index (χ1) is 71.1. The zero-order chi connectivity index (χ0) is 108.